The molecule has 0 radical (unpaired) electrons. The van der Waals surface area contributed by atoms with Crippen molar-refractivity contribution in [2.45, 2.75) is 95.9 Å². The number of hydrogen-bond acceptors (Lipinski definition) is 4. The lowest BCUT2D eigenvalue weighted by Crippen LogP contribution is -2.20. The van der Waals surface area contributed by atoms with E-state index in [2.05, 4.69) is 19.1 Å². The second kappa shape index (κ2) is 13.9. The first-order valence-electron chi connectivity index (χ1n) is 10.5. The summed E-state index contributed by atoms with van der Waals surface area (Å²) in [5.41, 5.74) is 0. The summed E-state index contributed by atoms with van der Waals surface area (Å²) in [5, 5.41) is 39.1. The fourth-order valence-electron chi connectivity index (χ4n) is 3.75. The molecule has 0 aromatic heterocycles. The van der Waals surface area contributed by atoms with Gasteiger partial charge in [0.2, 0.25) is 0 Å². The first kappa shape index (κ1) is 23.9. The molecule has 156 valence electrons. The summed E-state index contributed by atoms with van der Waals surface area (Å²) in [6.45, 7) is 2.13. The van der Waals surface area contributed by atoms with Gasteiger partial charge in [-0.15, -0.1) is 0 Å². The number of aliphatic hydroxyl groups excluding tert-OH is 3. The van der Waals surface area contributed by atoms with Crippen molar-refractivity contribution in [1.82, 2.24) is 0 Å². The number of hydrogen-bond donors (Lipinski definition) is 4. The number of rotatable bonds is 14. The first-order chi connectivity index (χ1) is 13.0. The molecule has 1 rings (SSSR count). The fraction of sp³-hybridized carbons (Fsp3) is 0.773. The zero-order valence-electron chi connectivity index (χ0n) is 16.7. The molecule has 0 aromatic rings. The lowest BCUT2D eigenvalue weighted by Gasteiger charge is -2.19. The second-order valence-corrected chi connectivity index (χ2v) is 7.76. The van der Waals surface area contributed by atoms with Crippen LogP contribution in [0.1, 0.15) is 77.6 Å². The van der Waals surface area contributed by atoms with Crippen molar-refractivity contribution in [1.29, 1.82) is 0 Å². The number of aliphatic hydroxyl groups is 3. The number of carbonyl (C=O) groups is 1. The molecular weight excluding hydrogens is 344 g/mol. The third-order valence-corrected chi connectivity index (χ3v) is 5.41. The maximum absolute atomic E-state index is 10.5. The minimum atomic E-state index is -0.742. The van der Waals surface area contributed by atoms with Crippen molar-refractivity contribution in [3.05, 3.63) is 24.3 Å². The third kappa shape index (κ3) is 10.1. The lowest BCUT2D eigenvalue weighted by atomic mass is 9.89. The summed E-state index contributed by atoms with van der Waals surface area (Å²) in [6, 6.07) is 0. The summed E-state index contributed by atoms with van der Waals surface area (Å²) in [5.74, 6) is -0.891. The van der Waals surface area contributed by atoms with Crippen LogP contribution in [0, 0.1) is 11.8 Å². The average molecular weight is 383 g/mol. The van der Waals surface area contributed by atoms with Crippen LogP contribution in [0.15, 0.2) is 24.3 Å². The van der Waals surface area contributed by atoms with Gasteiger partial charge >= 0.3 is 5.97 Å². The van der Waals surface area contributed by atoms with Crippen molar-refractivity contribution in [2.75, 3.05) is 0 Å². The van der Waals surface area contributed by atoms with Crippen LogP contribution in [0.4, 0.5) is 0 Å². The predicted octanol–water partition coefficient (Wildman–Crippen LogP) is 3.82. The highest BCUT2D eigenvalue weighted by atomic mass is 16.4. The molecule has 0 spiro atoms. The van der Waals surface area contributed by atoms with Gasteiger partial charge in [-0.3, -0.25) is 4.79 Å². The van der Waals surface area contributed by atoms with Gasteiger partial charge in [-0.05, 0) is 38.0 Å². The van der Waals surface area contributed by atoms with Crippen molar-refractivity contribution in [3.8, 4) is 0 Å². The van der Waals surface area contributed by atoms with E-state index in [9.17, 15) is 20.1 Å². The Morgan fingerprint density at radius 3 is 2.56 bits per heavy atom. The maximum Gasteiger partial charge on any atom is 0.303 e. The van der Waals surface area contributed by atoms with Gasteiger partial charge < -0.3 is 20.4 Å². The Morgan fingerprint density at radius 1 is 1.07 bits per heavy atom. The van der Waals surface area contributed by atoms with E-state index in [0.717, 1.165) is 44.9 Å². The molecule has 0 heterocycles. The molecule has 0 aliphatic heterocycles. The van der Waals surface area contributed by atoms with Gasteiger partial charge in [0.25, 0.3) is 0 Å². The number of aliphatic carboxylic acids is 1. The minimum absolute atomic E-state index is 0.0256. The topological polar surface area (TPSA) is 98.0 Å². The molecule has 0 saturated heterocycles. The average Bonchev–Trinajstić information content (AvgIpc) is 2.88. The quantitative estimate of drug-likeness (QED) is 0.270. The Morgan fingerprint density at radius 2 is 1.85 bits per heavy atom. The summed E-state index contributed by atoms with van der Waals surface area (Å²) >= 11 is 0. The molecule has 4 N–H and O–H groups in total. The lowest BCUT2D eigenvalue weighted by molar-refractivity contribution is -0.137. The van der Waals surface area contributed by atoms with E-state index in [-0.39, 0.29) is 18.3 Å². The van der Waals surface area contributed by atoms with Gasteiger partial charge in [0.1, 0.15) is 0 Å². The molecule has 5 atom stereocenters. The molecule has 1 aliphatic rings. The molecular formula is C22H38O5. The van der Waals surface area contributed by atoms with E-state index in [1.54, 1.807) is 6.08 Å². The summed E-state index contributed by atoms with van der Waals surface area (Å²) in [7, 11) is 0. The van der Waals surface area contributed by atoms with Crippen LogP contribution >= 0.6 is 0 Å². The van der Waals surface area contributed by atoms with E-state index in [0.29, 0.717) is 19.3 Å². The molecule has 0 amide bonds. The van der Waals surface area contributed by atoms with Crippen molar-refractivity contribution >= 4 is 5.97 Å². The zero-order valence-corrected chi connectivity index (χ0v) is 16.7. The van der Waals surface area contributed by atoms with Crippen molar-refractivity contribution < 1.29 is 25.2 Å². The monoisotopic (exact) mass is 382 g/mol. The van der Waals surface area contributed by atoms with Crippen LogP contribution in [0.2, 0.25) is 0 Å². The predicted molar refractivity (Wildman–Crippen MR) is 107 cm³/mol. The van der Waals surface area contributed by atoms with E-state index in [1.807, 2.05) is 6.08 Å². The second-order valence-electron chi connectivity index (χ2n) is 7.76. The van der Waals surface area contributed by atoms with Gasteiger partial charge in [-0.25, -0.2) is 0 Å². The van der Waals surface area contributed by atoms with E-state index in [4.69, 9.17) is 5.11 Å². The highest BCUT2D eigenvalue weighted by Crippen LogP contribution is 2.36. The zero-order chi connectivity index (χ0) is 20.1. The Balaban J connectivity index is 2.37. The standard InChI is InChI=1S/C22H38O5/c1-2-3-8-11-17(23)14-15-19-18(20(24)16-21(19)25)12-9-6-4-5-7-10-13-22(26)27/h6,9,14-15,17-21,23-25H,2-5,7-8,10-13,16H2,1H3,(H,26,27)/b9-6-,15-14+/t17-,18-,19-,20+,21-/m0/s1. The number of carboxylic acids is 1. The number of allylic oxidation sites excluding steroid dienone is 2. The fourth-order valence-corrected chi connectivity index (χ4v) is 3.75. The van der Waals surface area contributed by atoms with Crippen LogP contribution in [0.25, 0.3) is 0 Å². The molecule has 0 aromatic carbocycles. The molecule has 0 unspecified atom stereocenters. The van der Waals surface area contributed by atoms with Crippen LogP contribution in [0.5, 0.6) is 0 Å². The maximum atomic E-state index is 10.5. The number of unbranched alkanes of at least 4 members (excludes halogenated alkanes) is 5. The van der Waals surface area contributed by atoms with E-state index >= 15 is 0 Å². The molecule has 5 nitrogen and oxygen atoms in total. The van der Waals surface area contributed by atoms with Crippen LogP contribution < -0.4 is 0 Å². The van der Waals surface area contributed by atoms with Crippen molar-refractivity contribution in [2.24, 2.45) is 11.8 Å². The Labute approximate surface area is 163 Å². The van der Waals surface area contributed by atoms with Crippen LogP contribution in [0.3, 0.4) is 0 Å². The van der Waals surface area contributed by atoms with Gasteiger partial charge in [0.05, 0.1) is 18.3 Å². The summed E-state index contributed by atoms with van der Waals surface area (Å²) < 4.78 is 0. The smallest absolute Gasteiger partial charge is 0.303 e. The Hall–Kier alpha value is -1.17. The molecule has 0 bridgehead atoms. The highest BCUT2D eigenvalue weighted by Gasteiger charge is 2.39. The third-order valence-electron chi connectivity index (χ3n) is 5.41. The Bertz CT molecular complexity index is 460. The largest absolute Gasteiger partial charge is 0.481 e. The molecule has 1 aliphatic carbocycles. The van der Waals surface area contributed by atoms with E-state index < -0.39 is 24.3 Å². The SMILES string of the molecule is CCCCC[C@H](O)/C=C/[C@H]1[C@H](C/C=C\CCCCCC(=O)O)[C@H](O)C[C@@H]1O. The summed E-state index contributed by atoms with van der Waals surface area (Å²) in [6.07, 6.45) is 15.0. The van der Waals surface area contributed by atoms with Crippen molar-refractivity contribution in [3.63, 3.8) is 0 Å². The molecule has 5 heteroatoms. The molecule has 1 saturated carbocycles. The van der Waals surface area contributed by atoms with Gasteiger partial charge in [-0.2, -0.15) is 0 Å². The normalized spacial score (nSPS) is 27.0. The van der Waals surface area contributed by atoms with Gasteiger partial charge in [0.15, 0.2) is 0 Å². The summed E-state index contributed by atoms with van der Waals surface area (Å²) in [4.78, 5) is 10.5. The Kier molecular flexibility index (Phi) is 12.3. The highest BCUT2D eigenvalue weighted by molar-refractivity contribution is 5.66. The van der Waals surface area contributed by atoms with Gasteiger partial charge in [0, 0.05) is 18.8 Å². The van der Waals surface area contributed by atoms with Crippen LogP contribution in [-0.4, -0.2) is 44.7 Å². The minimum Gasteiger partial charge on any atom is -0.481 e. The van der Waals surface area contributed by atoms with Crippen LogP contribution in [-0.2, 0) is 4.79 Å². The molecule has 27 heavy (non-hydrogen) atoms. The molecule has 1 fully saturated rings. The first-order valence-corrected chi connectivity index (χ1v) is 10.5. The number of carboxylic acid groups (broad SMARTS) is 1. The van der Waals surface area contributed by atoms with Gasteiger partial charge in [-0.1, -0.05) is 56.9 Å². The van der Waals surface area contributed by atoms with E-state index in [1.165, 1.54) is 0 Å².